The van der Waals surface area contributed by atoms with Gasteiger partial charge in [0.2, 0.25) is 5.91 Å². The number of hydrogen-bond acceptors (Lipinski definition) is 9. The molecule has 2 atom stereocenters. The number of rotatable bonds is 11. The third-order valence-electron chi connectivity index (χ3n) is 12.1. The van der Waals surface area contributed by atoms with Crippen LogP contribution in [0, 0.1) is 23.1 Å². The average Bonchev–Trinajstić information content (AvgIpc) is 3.45. The number of amides is 2. The lowest BCUT2D eigenvalue weighted by molar-refractivity contribution is -0.135. The van der Waals surface area contributed by atoms with Crippen molar-refractivity contribution in [1.82, 2.24) is 33.3 Å². The Labute approximate surface area is 312 Å². The summed E-state index contributed by atoms with van der Waals surface area (Å²) in [7, 11) is -3.54. The largest absolute Gasteiger partial charge is 0.451 e. The van der Waals surface area contributed by atoms with E-state index < -0.39 is 16.0 Å². The van der Waals surface area contributed by atoms with Crippen molar-refractivity contribution >= 4 is 27.8 Å². The van der Waals surface area contributed by atoms with Crippen molar-refractivity contribution in [2.75, 3.05) is 70.3 Å². The molecule has 2 aromatic rings. The molecule has 0 bridgehead atoms. The van der Waals surface area contributed by atoms with Gasteiger partial charge in [-0.25, -0.2) is 14.4 Å². The van der Waals surface area contributed by atoms with Crippen LogP contribution in [0.4, 0.5) is 10.2 Å². The van der Waals surface area contributed by atoms with Crippen LogP contribution < -0.4 is 9.64 Å². The average molecular weight is 753 g/mol. The first-order valence-corrected chi connectivity index (χ1v) is 20.4. The zero-order valence-electron chi connectivity index (χ0n) is 31.4. The van der Waals surface area contributed by atoms with Crippen molar-refractivity contribution in [3.05, 3.63) is 54.8 Å². The number of benzene rings is 1. The quantitative estimate of drug-likeness (QED) is 0.315. The zero-order valence-corrected chi connectivity index (χ0v) is 32.2. The SMILES string of the molecule is C=CC(=O)N1C[C@H]2CN(S(=O)(=O)N3CCC(CN4CCC5(CC4)CN(c4ncncc4Oc4ccc(F)cc4C(=O)N(C(C)C)C(C)C)C5)CC3)C[C@H]21. The van der Waals surface area contributed by atoms with Crippen LogP contribution in [0.25, 0.3) is 0 Å². The van der Waals surface area contributed by atoms with Crippen LogP contribution in [0.5, 0.6) is 11.5 Å². The number of fused-ring (bicyclic) bond motifs is 1. The van der Waals surface area contributed by atoms with Gasteiger partial charge in [-0.1, -0.05) is 6.58 Å². The first-order chi connectivity index (χ1) is 25.3. The van der Waals surface area contributed by atoms with Gasteiger partial charge in [0.05, 0.1) is 17.8 Å². The van der Waals surface area contributed by atoms with Crippen LogP contribution in [-0.2, 0) is 15.0 Å². The molecule has 0 aliphatic carbocycles. The summed E-state index contributed by atoms with van der Waals surface area (Å²) in [6, 6.07) is 3.84. The lowest BCUT2D eigenvalue weighted by atomic mass is 9.72. The van der Waals surface area contributed by atoms with Crippen LogP contribution in [0.3, 0.4) is 0 Å². The number of anilines is 1. The minimum absolute atomic E-state index is 0.0355. The van der Waals surface area contributed by atoms with Crippen molar-refractivity contribution < 1.29 is 27.1 Å². The van der Waals surface area contributed by atoms with Gasteiger partial charge in [-0.2, -0.15) is 17.0 Å². The predicted octanol–water partition coefficient (Wildman–Crippen LogP) is 3.85. The first kappa shape index (κ1) is 37.6. The lowest BCUT2D eigenvalue weighted by Crippen LogP contribution is -2.61. The fraction of sp³-hybridized carbons (Fsp3) is 0.632. The maximum atomic E-state index is 14.4. The second-order valence-electron chi connectivity index (χ2n) is 16.2. The molecular weight excluding hydrogens is 700 g/mol. The molecule has 1 aromatic heterocycles. The number of carbonyl (C=O) groups excluding carboxylic acids is 2. The second-order valence-corrected chi connectivity index (χ2v) is 18.1. The molecule has 1 aromatic carbocycles. The highest BCUT2D eigenvalue weighted by Crippen LogP contribution is 2.45. The molecule has 0 N–H and O–H groups in total. The van der Waals surface area contributed by atoms with Crippen molar-refractivity contribution in [3.63, 3.8) is 0 Å². The molecule has 0 unspecified atom stereocenters. The number of nitrogens with zero attached hydrogens (tertiary/aromatic N) is 8. The number of carbonyl (C=O) groups is 2. The monoisotopic (exact) mass is 752 g/mol. The molecule has 13 nitrogen and oxygen atoms in total. The molecule has 0 radical (unpaired) electrons. The van der Waals surface area contributed by atoms with E-state index in [1.54, 1.807) is 24.6 Å². The Morgan fingerprint density at radius 3 is 2.38 bits per heavy atom. The number of likely N-dealkylation sites (tertiary alicyclic amines) is 2. The number of halogens is 1. The highest BCUT2D eigenvalue weighted by molar-refractivity contribution is 7.86. The Morgan fingerprint density at radius 1 is 1.02 bits per heavy atom. The molecule has 288 valence electrons. The van der Waals surface area contributed by atoms with Crippen LogP contribution in [-0.4, -0.2) is 137 Å². The van der Waals surface area contributed by atoms with Gasteiger partial charge in [-0.05, 0) is 96.7 Å². The Balaban J connectivity index is 0.897. The molecule has 0 saturated carbocycles. The van der Waals surface area contributed by atoms with E-state index in [-0.39, 0.29) is 52.6 Å². The van der Waals surface area contributed by atoms with Crippen molar-refractivity contribution in [3.8, 4) is 11.5 Å². The topological polar surface area (TPSA) is 123 Å². The Morgan fingerprint density at radius 2 is 1.72 bits per heavy atom. The number of hydrogen-bond donors (Lipinski definition) is 0. The molecule has 2 amide bonds. The molecule has 5 aliphatic heterocycles. The van der Waals surface area contributed by atoms with E-state index in [1.807, 2.05) is 27.7 Å². The van der Waals surface area contributed by atoms with E-state index >= 15 is 0 Å². The van der Waals surface area contributed by atoms with Crippen molar-refractivity contribution in [1.29, 1.82) is 0 Å². The van der Waals surface area contributed by atoms with E-state index in [1.165, 1.54) is 30.6 Å². The summed E-state index contributed by atoms with van der Waals surface area (Å²) in [6.45, 7) is 18.5. The minimum atomic E-state index is -3.54. The molecule has 6 heterocycles. The van der Waals surface area contributed by atoms with Crippen molar-refractivity contribution in [2.45, 2.75) is 71.5 Å². The predicted molar refractivity (Wildman–Crippen MR) is 199 cm³/mol. The van der Waals surface area contributed by atoms with Gasteiger partial charge >= 0.3 is 0 Å². The normalized spacial score (nSPS) is 23.9. The van der Waals surface area contributed by atoms with Gasteiger partial charge in [0.15, 0.2) is 11.6 Å². The highest BCUT2D eigenvalue weighted by atomic mass is 32.2. The van der Waals surface area contributed by atoms with Gasteiger partial charge in [0.1, 0.15) is 17.9 Å². The van der Waals surface area contributed by atoms with Gasteiger partial charge in [0.25, 0.3) is 16.1 Å². The third-order valence-corrected chi connectivity index (χ3v) is 14.0. The van der Waals surface area contributed by atoms with E-state index in [0.717, 1.165) is 58.4 Å². The number of aromatic nitrogens is 2. The maximum absolute atomic E-state index is 14.4. The molecular formula is C38H53FN8O5S. The van der Waals surface area contributed by atoms with Crippen LogP contribution in [0.15, 0.2) is 43.4 Å². The summed E-state index contributed by atoms with van der Waals surface area (Å²) in [5, 5.41) is 0. The van der Waals surface area contributed by atoms with Crippen LogP contribution in [0.1, 0.15) is 63.7 Å². The molecule has 53 heavy (non-hydrogen) atoms. The number of ether oxygens (including phenoxy) is 1. The first-order valence-electron chi connectivity index (χ1n) is 19.0. The maximum Gasteiger partial charge on any atom is 0.282 e. The zero-order chi connectivity index (χ0) is 37.7. The highest BCUT2D eigenvalue weighted by Gasteiger charge is 2.51. The Kier molecular flexibility index (Phi) is 10.6. The van der Waals surface area contributed by atoms with E-state index in [4.69, 9.17) is 4.74 Å². The summed E-state index contributed by atoms with van der Waals surface area (Å²) in [5.74, 6) is 1.10. The Hall–Kier alpha value is -3.66. The summed E-state index contributed by atoms with van der Waals surface area (Å²) in [4.78, 5) is 42.6. The van der Waals surface area contributed by atoms with E-state index in [9.17, 15) is 22.4 Å². The second kappa shape index (κ2) is 14.9. The molecule has 15 heteroatoms. The fourth-order valence-corrected chi connectivity index (χ4v) is 10.9. The molecule has 7 rings (SSSR count). The summed E-state index contributed by atoms with van der Waals surface area (Å²) >= 11 is 0. The van der Waals surface area contributed by atoms with Crippen LogP contribution >= 0.6 is 0 Å². The Bertz CT molecular complexity index is 1790. The standard InChI is InChI=1S/C38H53FN8O5S/c1-6-35(48)46-21-29-20-45(22-32(29)46)53(50,51)44-13-9-28(10-14-44)19-42-15-11-38(12-16-42)23-43(24-38)36-34(18-40-25-41-36)52-33-8-7-30(39)17-31(33)37(49)47(26(2)3)27(4)5/h6-8,17-18,25-29,32H,1,9-16,19-24H2,2-5H3/t29-,32-/m1/s1. The minimum Gasteiger partial charge on any atom is -0.451 e. The van der Waals surface area contributed by atoms with Gasteiger partial charge in [0, 0.05) is 75.8 Å². The third kappa shape index (κ3) is 7.41. The summed E-state index contributed by atoms with van der Waals surface area (Å²) in [5.41, 5.74) is 0.346. The number of piperidine rings is 2. The van der Waals surface area contributed by atoms with Crippen molar-refractivity contribution in [2.24, 2.45) is 17.3 Å². The van der Waals surface area contributed by atoms with E-state index in [2.05, 4.69) is 26.3 Å². The fourth-order valence-electron chi connectivity index (χ4n) is 9.15. The van der Waals surface area contributed by atoms with Gasteiger partial charge < -0.3 is 24.3 Å². The molecule has 5 fully saturated rings. The molecule has 5 aliphatic rings. The molecule has 1 spiro atoms. The van der Waals surface area contributed by atoms with Gasteiger partial charge in [-0.3, -0.25) is 9.59 Å². The van der Waals surface area contributed by atoms with Crippen LogP contribution in [0.2, 0.25) is 0 Å². The smallest absolute Gasteiger partial charge is 0.282 e. The summed E-state index contributed by atoms with van der Waals surface area (Å²) < 4.78 is 50.9. The molecule has 5 saturated heterocycles. The summed E-state index contributed by atoms with van der Waals surface area (Å²) in [6.07, 6.45) is 8.23. The van der Waals surface area contributed by atoms with Gasteiger partial charge in [-0.15, -0.1) is 0 Å². The lowest BCUT2D eigenvalue weighted by Gasteiger charge is -2.54. The van der Waals surface area contributed by atoms with E-state index in [0.29, 0.717) is 50.2 Å².